The van der Waals surface area contributed by atoms with Crippen molar-refractivity contribution in [1.29, 1.82) is 0 Å². The van der Waals surface area contributed by atoms with Crippen LogP contribution in [-0.4, -0.2) is 55.1 Å². The van der Waals surface area contributed by atoms with Gasteiger partial charge in [-0.05, 0) is 32.9 Å². The first kappa shape index (κ1) is 15.3. The monoisotopic (exact) mass is 267 g/mol. The lowest BCUT2D eigenvalue weighted by Gasteiger charge is -2.43. The van der Waals surface area contributed by atoms with Crippen molar-refractivity contribution < 1.29 is 0 Å². The molecular weight excluding hydrogens is 234 g/mol. The van der Waals surface area contributed by atoms with Gasteiger partial charge < -0.3 is 10.6 Å². The van der Waals surface area contributed by atoms with E-state index < -0.39 is 0 Å². The number of hydrogen-bond acceptors (Lipinski definition) is 3. The molecule has 1 heterocycles. The normalized spacial score (nSPS) is 33.3. The van der Waals surface area contributed by atoms with Crippen LogP contribution in [0.15, 0.2) is 0 Å². The van der Waals surface area contributed by atoms with Crippen molar-refractivity contribution in [1.82, 2.24) is 9.80 Å². The average molecular weight is 267 g/mol. The van der Waals surface area contributed by atoms with Crippen molar-refractivity contribution in [3.8, 4) is 0 Å². The molecule has 0 bridgehead atoms. The molecule has 2 fully saturated rings. The number of likely N-dealkylation sites (N-methyl/N-ethyl adjacent to an activating group) is 1. The van der Waals surface area contributed by atoms with Gasteiger partial charge in [-0.3, -0.25) is 4.90 Å². The van der Waals surface area contributed by atoms with Crippen LogP contribution in [0, 0.1) is 5.92 Å². The minimum atomic E-state index is 0.305. The number of nitrogens with two attached hydrogens (primary N) is 1. The minimum Gasteiger partial charge on any atom is -0.329 e. The molecule has 0 aromatic carbocycles. The molecule has 2 unspecified atom stereocenters. The number of likely N-dealkylation sites (tertiary alicyclic amines) is 1. The highest BCUT2D eigenvalue weighted by Crippen LogP contribution is 2.35. The van der Waals surface area contributed by atoms with Crippen molar-refractivity contribution in [2.75, 3.05) is 33.7 Å². The maximum absolute atomic E-state index is 6.25. The highest BCUT2D eigenvalue weighted by atomic mass is 15.3. The Labute approximate surface area is 119 Å². The lowest BCUT2D eigenvalue weighted by atomic mass is 9.82. The summed E-state index contributed by atoms with van der Waals surface area (Å²) < 4.78 is 0. The third-order valence-corrected chi connectivity index (χ3v) is 5.57. The van der Waals surface area contributed by atoms with Crippen molar-refractivity contribution in [3.05, 3.63) is 0 Å². The van der Waals surface area contributed by atoms with Gasteiger partial charge in [0.25, 0.3) is 0 Å². The molecule has 1 saturated heterocycles. The average Bonchev–Trinajstić information content (AvgIpc) is 2.72. The van der Waals surface area contributed by atoms with Gasteiger partial charge >= 0.3 is 0 Å². The lowest BCUT2D eigenvalue weighted by Crippen LogP contribution is -2.54. The highest BCUT2D eigenvalue weighted by Gasteiger charge is 2.42. The van der Waals surface area contributed by atoms with E-state index in [1.54, 1.807) is 0 Å². The fourth-order valence-corrected chi connectivity index (χ4v) is 4.22. The fraction of sp³-hybridized carbons (Fsp3) is 1.00. The molecule has 1 aliphatic carbocycles. The Morgan fingerprint density at radius 3 is 2.11 bits per heavy atom. The highest BCUT2D eigenvalue weighted by molar-refractivity contribution is 4.99. The molecule has 1 saturated carbocycles. The molecule has 3 heteroatoms. The van der Waals surface area contributed by atoms with E-state index in [4.69, 9.17) is 5.73 Å². The second kappa shape index (κ2) is 6.55. The molecule has 0 aromatic rings. The van der Waals surface area contributed by atoms with Crippen LogP contribution in [0.1, 0.15) is 51.9 Å². The summed E-state index contributed by atoms with van der Waals surface area (Å²) in [5, 5.41) is 0. The summed E-state index contributed by atoms with van der Waals surface area (Å²) in [7, 11) is 4.44. The van der Waals surface area contributed by atoms with Gasteiger partial charge in [0.1, 0.15) is 0 Å². The van der Waals surface area contributed by atoms with Gasteiger partial charge in [0.05, 0.1) is 0 Å². The third kappa shape index (κ3) is 3.32. The van der Waals surface area contributed by atoms with Gasteiger partial charge in [-0.15, -0.1) is 0 Å². The van der Waals surface area contributed by atoms with Gasteiger partial charge in [-0.2, -0.15) is 0 Å². The molecule has 19 heavy (non-hydrogen) atoms. The quantitative estimate of drug-likeness (QED) is 0.852. The molecule has 0 radical (unpaired) electrons. The summed E-state index contributed by atoms with van der Waals surface area (Å²) in [6.45, 7) is 5.70. The third-order valence-electron chi connectivity index (χ3n) is 5.57. The Kier molecular flexibility index (Phi) is 5.27. The van der Waals surface area contributed by atoms with E-state index >= 15 is 0 Å². The molecule has 3 nitrogen and oxygen atoms in total. The Bertz CT molecular complexity index is 269. The summed E-state index contributed by atoms with van der Waals surface area (Å²) in [4.78, 5) is 5.14. The molecule has 2 atom stereocenters. The van der Waals surface area contributed by atoms with E-state index in [1.165, 1.54) is 58.0 Å². The van der Waals surface area contributed by atoms with E-state index in [9.17, 15) is 0 Å². The second-order valence-electron chi connectivity index (χ2n) is 7.11. The molecule has 0 aromatic heterocycles. The summed E-state index contributed by atoms with van der Waals surface area (Å²) >= 11 is 0. The van der Waals surface area contributed by atoms with Gasteiger partial charge in [0.15, 0.2) is 0 Å². The molecule has 112 valence electrons. The zero-order chi connectivity index (χ0) is 13.9. The Hall–Kier alpha value is -0.120. The van der Waals surface area contributed by atoms with Crippen LogP contribution < -0.4 is 5.73 Å². The zero-order valence-corrected chi connectivity index (χ0v) is 13.2. The van der Waals surface area contributed by atoms with Gasteiger partial charge in [0.2, 0.25) is 0 Å². The summed E-state index contributed by atoms with van der Waals surface area (Å²) in [6, 6.07) is 0.703. The van der Waals surface area contributed by atoms with Crippen LogP contribution in [0.3, 0.4) is 0 Å². The predicted molar refractivity (Wildman–Crippen MR) is 82.3 cm³/mol. The standard InChI is InChI=1S/C16H33N3/c1-14-11-19(12-15(14)18(2)3)16(13-17)9-7-5-4-6-8-10-16/h14-15H,4-13,17H2,1-3H3. The summed E-state index contributed by atoms with van der Waals surface area (Å²) in [6.07, 6.45) is 9.61. The van der Waals surface area contributed by atoms with E-state index in [2.05, 4.69) is 30.8 Å². The van der Waals surface area contributed by atoms with Crippen molar-refractivity contribution >= 4 is 0 Å². The van der Waals surface area contributed by atoms with Gasteiger partial charge in [0, 0.05) is 31.2 Å². The van der Waals surface area contributed by atoms with Crippen molar-refractivity contribution in [3.63, 3.8) is 0 Å². The maximum atomic E-state index is 6.25. The molecule has 0 spiro atoms. The molecule has 0 amide bonds. The largest absolute Gasteiger partial charge is 0.329 e. The molecule has 2 N–H and O–H groups in total. The first-order valence-electron chi connectivity index (χ1n) is 8.20. The van der Waals surface area contributed by atoms with E-state index in [-0.39, 0.29) is 0 Å². The van der Waals surface area contributed by atoms with Gasteiger partial charge in [-0.25, -0.2) is 0 Å². The Morgan fingerprint density at radius 1 is 1.05 bits per heavy atom. The predicted octanol–water partition coefficient (Wildman–Crippen LogP) is 2.31. The number of hydrogen-bond donors (Lipinski definition) is 1. The van der Waals surface area contributed by atoms with Crippen LogP contribution in [0.25, 0.3) is 0 Å². The van der Waals surface area contributed by atoms with Crippen LogP contribution in [0.2, 0.25) is 0 Å². The molecule has 2 aliphatic rings. The summed E-state index contributed by atoms with van der Waals surface area (Å²) in [5.74, 6) is 0.767. The maximum Gasteiger partial charge on any atom is 0.0332 e. The molecule has 2 rings (SSSR count). The van der Waals surface area contributed by atoms with E-state index in [0.29, 0.717) is 11.6 Å². The SMILES string of the molecule is CC1CN(C2(CN)CCCCCCC2)CC1N(C)C. The second-order valence-corrected chi connectivity index (χ2v) is 7.11. The number of nitrogens with zero attached hydrogens (tertiary/aromatic N) is 2. The smallest absolute Gasteiger partial charge is 0.0332 e. The molecular formula is C16H33N3. The molecule has 1 aliphatic heterocycles. The van der Waals surface area contributed by atoms with E-state index in [0.717, 1.165) is 12.5 Å². The lowest BCUT2D eigenvalue weighted by molar-refractivity contribution is 0.0835. The number of rotatable bonds is 3. The van der Waals surface area contributed by atoms with E-state index in [1.807, 2.05) is 0 Å². The van der Waals surface area contributed by atoms with Crippen LogP contribution >= 0.6 is 0 Å². The Morgan fingerprint density at radius 2 is 1.63 bits per heavy atom. The summed E-state index contributed by atoms with van der Waals surface area (Å²) in [5.41, 5.74) is 6.56. The first-order chi connectivity index (χ1) is 9.09. The fourth-order valence-electron chi connectivity index (χ4n) is 4.22. The van der Waals surface area contributed by atoms with Crippen LogP contribution in [0.5, 0.6) is 0 Å². The van der Waals surface area contributed by atoms with Crippen LogP contribution in [0.4, 0.5) is 0 Å². The topological polar surface area (TPSA) is 32.5 Å². The minimum absolute atomic E-state index is 0.305. The van der Waals surface area contributed by atoms with Crippen molar-refractivity contribution in [2.45, 2.75) is 63.5 Å². The zero-order valence-electron chi connectivity index (χ0n) is 13.2. The van der Waals surface area contributed by atoms with Crippen LogP contribution in [-0.2, 0) is 0 Å². The van der Waals surface area contributed by atoms with Gasteiger partial charge in [-0.1, -0.05) is 39.0 Å². The van der Waals surface area contributed by atoms with Crippen molar-refractivity contribution in [2.24, 2.45) is 11.7 Å². The first-order valence-corrected chi connectivity index (χ1v) is 8.20. The Balaban J connectivity index is 2.07.